The SMILES string of the molecule is COc1cc(C)c(C(C)NC(=O)C(NC(=O)c2ccc(Cl)cc2)C(C)C)cc1OC. The topological polar surface area (TPSA) is 76.7 Å². The fourth-order valence-corrected chi connectivity index (χ4v) is 3.33. The van der Waals surface area contributed by atoms with Crippen LogP contribution in [0.1, 0.15) is 48.3 Å². The van der Waals surface area contributed by atoms with Gasteiger partial charge in [-0.1, -0.05) is 25.4 Å². The summed E-state index contributed by atoms with van der Waals surface area (Å²) < 4.78 is 10.7. The molecule has 2 amide bonds. The van der Waals surface area contributed by atoms with E-state index < -0.39 is 6.04 Å². The van der Waals surface area contributed by atoms with Gasteiger partial charge in [0, 0.05) is 10.6 Å². The lowest BCUT2D eigenvalue weighted by atomic mass is 9.99. The van der Waals surface area contributed by atoms with Gasteiger partial charge in [-0.15, -0.1) is 0 Å². The van der Waals surface area contributed by atoms with Crippen LogP contribution in [-0.2, 0) is 4.79 Å². The van der Waals surface area contributed by atoms with Crippen LogP contribution in [-0.4, -0.2) is 32.1 Å². The molecule has 0 fully saturated rings. The molecule has 0 heterocycles. The average molecular weight is 433 g/mol. The van der Waals surface area contributed by atoms with Gasteiger partial charge in [-0.3, -0.25) is 9.59 Å². The van der Waals surface area contributed by atoms with Crippen LogP contribution in [0.25, 0.3) is 0 Å². The molecular formula is C23H29ClN2O4. The highest BCUT2D eigenvalue weighted by atomic mass is 35.5. The molecule has 2 N–H and O–H groups in total. The number of benzene rings is 2. The summed E-state index contributed by atoms with van der Waals surface area (Å²) in [7, 11) is 3.15. The first kappa shape index (κ1) is 23.5. The molecule has 0 saturated carbocycles. The van der Waals surface area contributed by atoms with Gasteiger partial charge in [-0.25, -0.2) is 0 Å². The van der Waals surface area contributed by atoms with Gasteiger partial charge in [-0.2, -0.15) is 0 Å². The fraction of sp³-hybridized carbons (Fsp3) is 0.391. The first-order chi connectivity index (χ1) is 14.2. The second-order valence-electron chi connectivity index (χ2n) is 7.50. The van der Waals surface area contributed by atoms with Crippen LogP contribution in [0.15, 0.2) is 36.4 Å². The van der Waals surface area contributed by atoms with Crippen LogP contribution in [0, 0.1) is 12.8 Å². The van der Waals surface area contributed by atoms with Gasteiger partial charge in [0.2, 0.25) is 5.91 Å². The molecule has 0 spiro atoms. The summed E-state index contributed by atoms with van der Waals surface area (Å²) in [6.45, 7) is 7.62. The number of ether oxygens (including phenoxy) is 2. The van der Waals surface area contributed by atoms with E-state index in [0.29, 0.717) is 22.1 Å². The highest BCUT2D eigenvalue weighted by molar-refractivity contribution is 6.30. The first-order valence-corrected chi connectivity index (χ1v) is 10.1. The van der Waals surface area contributed by atoms with Crippen LogP contribution in [0.5, 0.6) is 11.5 Å². The van der Waals surface area contributed by atoms with Gasteiger partial charge in [-0.05, 0) is 67.3 Å². The third kappa shape index (κ3) is 5.66. The van der Waals surface area contributed by atoms with Crippen molar-refractivity contribution in [3.8, 4) is 11.5 Å². The molecule has 6 nitrogen and oxygen atoms in total. The van der Waals surface area contributed by atoms with Gasteiger partial charge < -0.3 is 20.1 Å². The Kier molecular flexibility index (Phi) is 8.12. The van der Waals surface area contributed by atoms with Crippen molar-refractivity contribution in [2.45, 2.75) is 39.8 Å². The van der Waals surface area contributed by atoms with E-state index in [1.54, 1.807) is 38.5 Å². The molecule has 2 aromatic rings. The smallest absolute Gasteiger partial charge is 0.251 e. The largest absolute Gasteiger partial charge is 0.493 e. The summed E-state index contributed by atoms with van der Waals surface area (Å²) in [6.07, 6.45) is 0. The minimum atomic E-state index is -0.684. The Labute approximate surface area is 182 Å². The zero-order valence-electron chi connectivity index (χ0n) is 18.2. The molecule has 2 atom stereocenters. The van der Waals surface area contributed by atoms with Crippen LogP contribution >= 0.6 is 11.6 Å². The third-order valence-corrected chi connectivity index (χ3v) is 5.19. The molecule has 2 aromatic carbocycles. The third-order valence-electron chi connectivity index (χ3n) is 4.94. The van der Waals surface area contributed by atoms with E-state index in [0.717, 1.165) is 11.1 Å². The minimum absolute atomic E-state index is 0.0973. The zero-order chi connectivity index (χ0) is 22.4. The molecule has 0 aliphatic rings. The Morgan fingerprint density at radius 1 is 0.933 bits per heavy atom. The summed E-state index contributed by atoms with van der Waals surface area (Å²) in [6, 6.07) is 9.30. The lowest BCUT2D eigenvalue weighted by Gasteiger charge is -2.25. The van der Waals surface area contributed by atoms with Crippen molar-refractivity contribution >= 4 is 23.4 Å². The zero-order valence-corrected chi connectivity index (χ0v) is 19.0. The molecule has 0 saturated heterocycles. The summed E-state index contributed by atoms with van der Waals surface area (Å²) >= 11 is 5.88. The number of halogens is 1. The van der Waals surface area contributed by atoms with Crippen molar-refractivity contribution in [3.63, 3.8) is 0 Å². The van der Waals surface area contributed by atoms with Crippen molar-refractivity contribution < 1.29 is 19.1 Å². The number of nitrogens with one attached hydrogen (secondary N) is 2. The van der Waals surface area contributed by atoms with E-state index >= 15 is 0 Å². The summed E-state index contributed by atoms with van der Waals surface area (Å²) in [4.78, 5) is 25.5. The maximum absolute atomic E-state index is 13.0. The Hall–Kier alpha value is -2.73. The quantitative estimate of drug-likeness (QED) is 0.652. The van der Waals surface area contributed by atoms with Crippen LogP contribution < -0.4 is 20.1 Å². The van der Waals surface area contributed by atoms with Crippen molar-refractivity contribution in [1.82, 2.24) is 10.6 Å². The summed E-state index contributed by atoms with van der Waals surface area (Å²) in [5, 5.41) is 6.37. The lowest BCUT2D eigenvalue weighted by Crippen LogP contribution is -2.50. The molecule has 0 aromatic heterocycles. The maximum atomic E-state index is 13.0. The normalized spacial score (nSPS) is 12.8. The van der Waals surface area contributed by atoms with Crippen molar-refractivity contribution in [3.05, 3.63) is 58.1 Å². The predicted molar refractivity (Wildman–Crippen MR) is 118 cm³/mol. The van der Waals surface area contributed by atoms with Gasteiger partial charge in [0.05, 0.1) is 20.3 Å². The second kappa shape index (κ2) is 10.3. The van der Waals surface area contributed by atoms with Gasteiger partial charge >= 0.3 is 0 Å². The number of hydrogen-bond donors (Lipinski definition) is 2. The van der Waals surface area contributed by atoms with Gasteiger partial charge in [0.15, 0.2) is 11.5 Å². The highest BCUT2D eigenvalue weighted by Crippen LogP contribution is 2.32. The van der Waals surface area contributed by atoms with Crippen LogP contribution in [0.4, 0.5) is 0 Å². The molecule has 0 bridgehead atoms. The van der Waals surface area contributed by atoms with Crippen molar-refractivity contribution in [2.24, 2.45) is 5.92 Å². The molecule has 0 radical (unpaired) electrons. The molecule has 2 unspecified atom stereocenters. The number of carbonyl (C=O) groups is 2. The Morgan fingerprint density at radius 2 is 1.50 bits per heavy atom. The van der Waals surface area contributed by atoms with E-state index in [1.807, 2.05) is 39.8 Å². The van der Waals surface area contributed by atoms with E-state index in [4.69, 9.17) is 21.1 Å². The standard InChI is InChI=1S/C23H29ClN2O4/c1-13(2)21(26-22(27)16-7-9-17(24)10-8-16)23(28)25-15(4)18-12-20(30-6)19(29-5)11-14(18)3/h7-13,15,21H,1-6H3,(H,25,28)(H,26,27). The fourth-order valence-electron chi connectivity index (χ4n) is 3.20. The van der Waals surface area contributed by atoms with E-state index in [2.05, 4.69) is 10.6 Å². The highest BCUT2D eigenvalue weighted by Gasteiger charge is 2.26. The van der Waals surface area contributed by atoms with E-state index in [9.17, 15) is 9.59 Å². The molecular weight excluding hydrogens is 404 g/mol. The Balaban J connectivity index is 2.16. The first-order valence-electron chi connectivity index (χ1n) is 9.77. The molecule has 2 rings (SSSR count). The number of aryl methyl sites for hydroxylation is 1. The second-order valence-corrected chi connectivity index (χ2v) is 7.93. The average Bonchev–Trinajstić information content (AvgIpc) is 2.71. The summed E-state index contributed by atoms with van der Waals surface area (Å²) in [5.74, 6) is 0.549. The molecule has 162 valence electrons. The predicted octanol–water partition coefficient (Wildman–Crippen LogP) is 4.30. The number of rotatable bonds is 8. The van der Waals surface area contributed by atoms with E-state index in [-0.39, 0.29) is 23.8 Å². The Bertz CT molecular complexity index is 897. The van der Waals surface area contributed by atoms with Crippen molar-refractivity contribution in [2.75, 3.05) is 14.2 Å². The lowest BCUT2D eigenvalue weighted by molar-refractivity contribution is -0.124. The molecule has 7 heteroatoms. The monoisotopic (exact) mass is 432 g/mol. The van der Waals surface area contributed by atoms with Crippen LogP contribution in [0.2, 0.25) is 5.02 Å². The van der Waals surface area contributed by atoms with E-state index in [1.165, 1.54) is 0 Å². The summed E-state index contributed by atoms with van der Waals surface area (Å²) in [5.41, 5.74) is 2.32. The number of hydrogen-bond acceptors (Lipinski definition) is 4. The molecule has 30 heavy (non-hydrogen) atoms. The minimum Gasteiger partial charge on any atom is -0.493 e. The maximum Gasteiger partial charge on any atom is 0.251 e. The number of amides is 2. The Morgan fingerprint density at radius 3 is 2.03 bits per heavy atom. The van der Waals surface area contributed by atoms with Gasteiger partial charge in [0.1, 0.15) is 6.04 Å². The van der Waals surface area contributed by atoms with Crippen molar-refractivity contribution in [1.29, 1.82) is 0 Å². The number of carbonyl (C=O) groups excluding carboxylic acids is 2. The van der Waals surface area contributed by atoms with Gasteiger partial charge in [0.25, 0.3) is 5.91 Å². The number of methoxy groups -OCH3 is 2. The van der Waals surface area contributed by atoms with Crippen LogP contribution in [0.3, 0.4) is 0 Å². The molecule has 0 aliphatic carbocycles. The molecule has 0 aliphatic heterocycles.